The van der Waals surface area contributed by atoms with E-state index in [4.69, 9.17) is 10.7 Å². The fourth-order valence-electron chi connectivity index (χ4n) is 5.24. The lowest BCUT2D eigenvalue weighted by atomic mass is 9.81. The largest absolute Gasteiger partial charge is 0.443 e. The first-order chi connectivity index (χ1) is 15.7. The van der Waals surface area contributed by atoms with Crippen molar-refractivity contribution in [3.05, 3.63) is 45.8 Å². The molecule has 0 spiro atoms. The molecule has 0 saturated heterocycles. The number of carbonyl (C=O) groups is 2. The summed E-state index contributed by atoms with van der Waals surface area (Å²) in [5.74, 6) is -0.732. The predicted octanol–water partition coefficient (Wildman–Crippen LogP) is 3.74. The monoisotopic (exact) mass is 485 g/mol. The SMILES string of the molecule is CC(C)(O)C1=CC=C(C(N)=O)C(C)([S-](=O)=NC(=O)Nc2c3c(nc4c2CCC4(C)C)CCC3)C1. The van der Waals surface area contributed by atoms with Gasteiger partial charge >= 0.3 is 6.03 Å². The van der Waals surface area contributed by atoms with Crippen LogP contribution in [0.25, 0.3) is 0 Å². The molecule has 0 bridgehead atoms. The topological polar surface area (TPSA) is 135 Å². The predicted molar refractivity (Wildman–Crippen MR) is 132 cm³/mol. The van der Waals surface area contributed by atoms with Crippen molar-refractivity contribution in [2.45, 2.75) is 88.9 Å². The Morgan fingerprint density at radius 1 is 1.18 bits per heavy atom. The molecular weight excluding hydrogens is 452 g/mol. The van der Waals surface area contributed by atoms with Gasteiger partial charge < -0.3 is 24.7 Å². The van der Waals surface area contributed by atoms with Gasteiger partial charge in [0.25, 0.3) is 0 Å². The van der Waals surface area contributed by atoms with Crippen LogP contribution in [0, 0.1) is 0 Å². The number of anilines is 1. The lowest BCUT2D eigenvalue weighted by molar-refractivity contribution is -0.114. The van der Waals surface area contributed by atoms with Gasteiger partial charge in [0.15, 0.2) is 0 Å². The van der Waals surface area contributed by atoms with Crippen LogP contribution in [-0.2, 0) is 44.3 Å². The van der Waals surface area contributed by atoms with Gasteiger partial charge in [0.2, 0.25) is 5.91 Å². The Hall–Kier alpha value is -2.52. The van der Waals surface area contributed by atoms with Gasteiger partial charge in [-0.15, -0.1) is 0 Å². The first-order valence-corrected chi connectivity index (χ1v) is 12.8. The highest BCUT2D eigenvalue weighted by molar-refractivity contribution is 7.77. The Bertz CT molecular complexity index is 1230. The van der Waals surface area contributed by atoms with Gasteiger partial charge in [-0.2, -0.15) is 10.6 Å². The Labute approximate surface area is 202 Å². The zero-order valence-electron chi connectivity index (χ0n) is 20.4. The molecule has 3 amide bonds. The van der Waals surface area contributed by atoms with E-state index in [9.17, 15) is 18.9 Å². The summed E-state index contributed by atoms with van der Waals surface area (Å²) in [6.45, 7) is 9.13. The molecule has 3 aliphatic carbocycles. The molecule has 184 valence electrons. The molecule has 0 aliphatic heterocycles. The molecule has 1 aromatic rings. The number of nitrogens with two attached hydrogens (primary N) is 1. The maximum absolute atomic E-state index is 13.4. The van der Waals surface area contributed by atoms with Crippen molar-refractivity contribution >= 4 is 28.2 Å². The maximum Gasteiger partial charge on any atom is 0.322 e. The minimum absolute atomic E-state index is 0.0665. The number of aromatic nitrogens is 1. The molecule has 1 heterocycles. The first-order valence-electron chi connectivity index (χ1n) is 11.7. The molecule has 0 radical (unpaired) electrons. The number of hydrogen-bond donors (Lipinski definition) is 3. The van der Waals surface area contributed by atoms with Gasteiger partial charge in [0.1, 0.15) is 0 Å². The molecule has 4 rings (SSSR count). The number of urea groups is 1. The number of primary amides is 1. The van der Waals surface area contributed by atoms with Crippen molar-refractivity contribution in [2.24, 2.45) is 10.1 Å². The minimum atomic E-state index is -2.12. The second-order valence-electron chi connectivity index (χ2n) is 10.9. The van der Waals surface area contributed by atoms with E-state index in [1.165, 1.54) is 6.08 Å². The number of fused-ring (bicyclic) bond motifs is 2. The number of nitrogens with zero attached hydrogens (tertiary/aromatic N) is 2. The highest BCUT2D eigenvalue weighted by atomic mass is 32.2. The third-order valence-electron chi connectivity index (χ3n) is 7.35. The normalized spacial score (nSPS) is 24.2. The molecule has 34 heavy (non-hydrogen) atoms. The molecule has 1 atom stereocenters. The third-order valence-corrected chi connectivity index (χ3v) is 8.82. The highest BCUT2D eigenvalue weighted by Crippen LogP contribution is 2.44. The zero-order valence-corrected chi connectivity index (χ0v) is 21.3. The van der Waals surface area contributed by atoms with Gasteiger partial charge in [-0.1, -0.05) is 32.9 Å². The summed E-state index contributed by atoms with van der Waals surface area (Å²) in [4.78, 5) is 30.1. The second kappa shape index (κ2) is 8.30. The average molecular weight is 486 g/mol. The van der Waals surface area contributed by atoms with Crippen LogP contribution in [0.4, 0.5) is 10.5 Å². The van der Waals surface area contributed by atoms with E-state index >= 15 is 0 Å². The van der Waals surface area contributed by atoms with Crippen LogP contribution in [0.2, 0.25) is 0 Å². The number of rotatable bonds is 4. The molecule has 0 fully saturated rings. The molecule has 9 heteroatoms. The number of nitrogens with one attached hydrogen (secondary N) is 1. The van der Waals surface area contributed by atoms with Gasteiger partial charge in [0.05, 0.1) is 17.0 Å². The standard InChI is InChI=1S/C25H33N4O4S/c1-23(2)12-11-16-19(15-7-6-8-18(15)27-20(16)23)28-22(31)29-34(33)25(5)13-14(24(3,4)32)9-10-17(25)21(26)30/h9-10,32H,6-8,11-13H2,1-5H3,(H2,26,30)(H,27,28,31)/q-1. The first kappa shape index (κ1) is 24.6. The molecule has 0 saturated carbocycles. The smallest absolute Gasteiger partial charge is 0.322 e. The molecule has 1 aromatic heterocycles. The average Bonchev–Trinajstić information content (AvgIpc) is 3.31. The summed E-state index contributed by atoms with van der Waals surface area (Å²) >= 11 is 0. The fraction of sp³-hybridized carbons (Fsp3) is 0.560. The minimum Gasteiger partial charge on any atom is -0.443 e. The maximum atomic E-state index is 13.4. The Morgan fingerprint density at radius 3 is 2.53 bits per heavy atom. The lowest BCUT2D eigenvalue weighted by Gasteiger charge is -2.40. The number of aryl methyl sites for hydroxylation is 1. The summed E-state index contributed by atoms with van der Waals surface area (Å²) in [7, 11) is -2.12. The number of amides is 3. The van der Waals surface area contributed by atoms with E-state index < -0.39 is 32.9 Å². The van der Waals surface area contributed by atoms with Gasteiger partial charge in [-0.25, -0.2) is 4.79 Å². The number of pyridine rings is 1. The highest BCUT2D eigenvalue weighted by Gasteiger charge is 2.37. The molecule has 8 nitrogen and oxygen atoms in total. The van der Waals surface area contributed by atoms with Gasteiger partial charge in [0, 0.05) is 16.7 Å². The number of allylic oxidation sites excluding steroid dienone is 2. The van der Waals surface area contributed by atoms with Crippen molar-refractivity contribution in [2.75, 3.05) is 5.32 Å². The summed E-state index contributed by atoms with van der Waals surface area (Å²) in [6.07, 6.45) is 7.62. The van der Waals surface area contributed by atoms with Crippen molar-refractivity contribution < 1.29 is 18.9 Å². The number of hydrogen-bond acceptors (Lipinski definition) is 6. The molecular formula is C25H33N4O4S-. The Morgan fingerprint density at radius 2 is 1.88 bits per heavy atom. The number of aliphatic hydroxyl groups is 1. The van der Waals surface area contributed by atoms with E-state index in [0.717, 1.165) is 60.3 Å². The third kappa shape index (κ3) is 4.20. The summed E-state index contributed by atoms with van der Waals surface area (Å²) in [5, 5.41) is 13.4. The summed E-state index contributed by atoms with van der Waals surface area (Å²) < 4.78 is 16.0. The number of carbonyl (C=O) groups excluding carboxylic acids is 2. The van der Waals surface area contributed by atoms with Crippen LogP contribution in [0.1, 0.15) is 76.4 Å². The van der Waals surface area contributed by atoms with Crippen molar-refractivity contribution in [3.8, 4) is 0 Å². The van der Waals surface area contributed by atoms with E-state index in [1.807, 2.05) is 0 Å². The molecule has 0 aromatic carbocycles. The van der Waals surface area contributed by atoms with Crippen LogP contribution in [-0.4, -0.2) is 32.4 Å². The van der Waals surface area contributed by atoms with Crippen LogP contribution in [0.15, 0.2) is 27.7 Å². The Balaban J connectivity index is 1.69. The Kier molecular flexibility index (Phi) is 6.01. The van der Waals surface area contributed by atoms with Crippen molar-refractivity contribution in [3.63, 3.8) is 0 Å². The molecule has 4 N–H and O–H groups in total. The van der Waals surface area contributed by atoms with Gasteiger partial charge in [-0.3, -0.25) is 9.78 Å². The fourth-order valence-corrected chi connectivity index (χ4v) is 6.27. The molecule has 1 unspecified atom stereocenters. The van der Waals surface area contributed by atoms with Crippen LogP contribution in [0.3, 0.4) is 0 Å². The molecule has 3 aliphatic rings. The lowest BCUT2D eigenvalue weighted by Crippen LogP contribution is -2.41. The van der Waals surface area contributed by atoms with Crippen LogP contribution in [0.5, 0.6) is 0 Å². The van der Waals surface area contributed by atoms with E-state index in [1.54, 1.807) is 26.8 Å². The summed E-state index contributed by atoms with van der Waals surface area (Å²) in [6, 6.07) is -0.727. The van der Waals surface area contributed by atoms with E-state index in [-0.39, 0.29) is 17.4 Å². The van der Waals surface area contributed by atoms with Gasteiger partial charge in [-0.05, 0) is 73.8 Å². The van der Waals surface area contributed by atoms with Crippen molar-refractivity contribution in [1.82, 2.24) is 4.98 Å². The quantitative estimate of drug-likeness (QED) is 0.558. The van der Waals surface area contributed by atoms with E-state index in [2.05, 4.69) is 23.5 Å². The van der Waals surface area contributed by atoms with Crippen molar-refractivity contribution in [1.29, 1.82) is 0 Å². The second-order valence-corrected chi connectivity index (χ2v) is 12.4. The summed E-state index contributed by atoms with van der Waals surface area (Å²) in [5.41, 5.74) is 9.87. The van der Waals surface area contributed by atoms with Crippen LogP contribution >= 0.6 is 0 Å². The zero-order chi connectivity index (χ0) is 25.1. The van der Waals surface area contributed by atoms with Crippen LogP contribution < -0.4 is 11.1 Å². The van der Waals surface area contributed by atoms with E-state index in [0.29, 0.717) is 5.57 Å².